The largest absolute Gasteiger partial charge is 0.478 e. The molecule has 0 saturated heterocycles. The van der Waals surface area contributed by atoms with E-state index in [1.165, 1.54) is 7.11 Å². The number of hydrogen-bond acceptors (Lipinski definition) is 3. The van der Waals surface area contributed by atoms with E-state index in [-0.39, 0.29) is 12.2 Å². The first-order valence-corrected chi connectivity index (χ1v) is 4.23. The summed E-state index contributed by atoms with van der Waals surface area (Å²) in [6, 6.07) is 5.02. The smallest absolute Gasteiger partial charge is 0.336 e. The third-order valence-electron chi connectivity index (χ3n) is 1.94. The van der Waals surface area contributed by atoms with Crippen LogP contribution in [0.5, 0.6) is 0 Å². The molecule has 0 aromatic heterocycles. The quantitative estimate of drug-likeness (QED) is 0.751. The van der Waals surface area contributed by atoms with Crippen molar-refractivity contribution in [2.75, 3.05) is 7.11 Å². The maximum atomic E-state index is 10.8. The van der Waals surface area contributed by atoms with Gasteiger partial charge in [-0.05, 0) is 17.2 Å². The Labute approximate surface area is 82.3 Å². The first kappa shape index (κ1) is 10.7. The van der Waals surface area contributed by atoms with Crippen LogP contribution >= 0.6 is 0 Å². The number of carbonyl (C=O) groups is 1. The maximum absolute atomic E-state index is 10.8. The summed E-state index contributed by atoms with van der Waals surface area (Å²) in [6.07, 6.45) is 0. The number of benzene rings is 1. The van der Waals surface area contributed by atoms with Gasteiger partial charge in [-0.1, -0.05) is 12.1 Å². The summed E-state index contributed by atoms with van der Waals surface area (Å²) >= 11 is 0. The average molecular weight is 195 g/mol. The maximum Gasteiger partial charge on any atom is 0.336 e. The van der Waals surface area contributed by atoms with Gasteiger partial charge in [0.05, 0.1) is 12.2 Å². The number of carboxylic acid groups (broad SMARTS) is 1. The molecule has 14 heavy (non-hydrogen) atoms. The highest BCUT2D eigenvalue weighted by Crippen LogP contribution is 2.13. The van der Waals surface area contributed by atoms with Crippen molar-refractivity contribution in [3.05, 3.63) is 34.9 Å². The first-order valence-electron chi connectivity index (χ1n) is 4.23. The predicted molar refractivity (Wildman–Crippen MR) is 52.0 cm³/mol. The van der Waals surface area contributed by atoms with Crippen molar-refractivity contribution in [2.45, 2.75) is 13.2 Å². The van der Waals surface area contributed by atoms with Crippen LogP contribution in [-0.4, -0.2) is 18.2 Å². The molecule has 0 atom stereocenters. The second-order valence-corrected chi connectivity index (χ2v) is 2.93. The molecule has 0 spiro atoms. The summed E-state index contributed by atoms with van der Waals surface area (Å²) in [5, 5.41) is 8.87. The fourth-order valence-corrected chi connectivity index (χ4v) is 1.26. The lowest BCUT2D eigenvalue weighted by atomic mass is 10.0. The Hall–Kier alpha value is -1.39. The van der Waals surface area contributed by atoms with Crippen LogP contribution < -0.4 is 5.73 Å². The van der Waals surface area contributed by atoms with E-state index in [1.807, 2.05) is 0 Å². The highest BCUT2D eigenvalue weighted by molar-refractivity contribution is 5.89. The van der Waals surface area contributed by atoms with Gasteiger partial charge in [-0.25, -0.2) is 4.79 Å². The zero-order valence-corrected chi connectivity index (χ0v) is 7.99. The summed E-state index contributed by atoms with van der Waals surface area (Å²) in [4.78, 5) is 10.8. The summed E-state index contributed by atoms with van der Waals surface area (Å²) in [5.41, 5.74) is 7.28. The van der Waals surface area contributed by atoms with E-state index in [0.717, 1.165) is 5.56 Å². The van der Waals surface area contributed by atoms with Gasteiger partial charge in [-0.3, -0.25) is 0 Å². The molecule has 0 aliphatic heterocycles. The Kier molecular flexibility index (Phi) is 3.62. The summed E-state index contributed by atoms with van der Waals surface area (Å²) in [7, 11) is 1.53. The summed E-state index contributed by atoms with van der Waals surface area (Å²) < 4.78 is 4.91. The Morgan fingerprint density at radius 1 is 1.57 bits per heavy atom. The van der Waals surface area contributed by atoms with Crippen LogP contribution in [-0.2, 0) is 17.9 Å². The molecule has 0 saturated carbocycles. The Balaban J connectivity index is 3.10. The van der Waals surface area contributed by atoms with Gasteiger partial charge in [0.2, 0.25) is 0 Å². The molecule has 0 fully saturated rings. The normalized spacial score (nSPS) is 10.1. The summed E-state index contributed by atoms with van der Waals surface area (Å²) in [6.45, 7) is 0.687. The van der Waals surface area contributed by atoms with Crippen LogP contribution in [0.25, 0.3) is 0 Å². The number of ether oxygens (including phenoxy) is 1. The third kappa shape index (κ3) is 2.31. The average Bonchev–Trinajstić information content (AvgIpc) is 2.17. The minimum atomic E-state index is -0.944. The van der Waals surface area contributed by atoms with Crippen molar-refractivity contribution in [2.24, 2.45) is 5.73 Å². The molecular weight excluding hydrogens is 182 g/mol. The first-order chi connectivity index (χ1) is 6.69. The van der Waals surface area contributed by atoms with Crippen LogP contribution in [0.2, 0.25) is 0 Å². The number of aromatic carboxylic acids is 1. The van der Waals surface area contributed by atoms with Crippen LogP contribution in [0, 0.1) is 0 Å². The zero-order valence-electron chi connectivity index (χ0n) is 7.99. The van der Waals surface area contributed by atoms with E-state index in [4.69, 9.17) is 15.6 Å². The van der Waals surface area contributed by atoms with Gasteiger partial charge >= 0.3 is 5.97 Å². The molecule has 4 heteroatoms. The monoisotopic (exact) mass is 195 g/mol. The van der Waals surface area contributed by atoms with E-state index >= 15 is 0 Å². The van der Waals surface area contributed by atoms with Crippen LogP contribution in [0.3, 0.4) is 0 Å². The highest BCUT2D eigenvalue weighted by atomic mass is 16.5. The van der Waals surface area contributed by atoms with Gasteiger partial charge in [0, 0.05) is 13.7 Å². The van der Waals surface area contributed by atoms with Gasteiger partial charge in [-0.2, -0.15) is 0 Å². The van der Waals surface area contributed by atoms with E-state index in [2.05, 4.69) is 0 Å². The van der Waals surface area contributed by atoms with Gasteiger partial charge < -0.3 is 15.6 Å². The van der Waals surface area contributed by atoms with Crippen molar-refractivity contribution in [1.29, 1.82) is 0 Å². The van der Waals surface area contributed by atoms with Crippen molar-refractivity contribution in [3.63, 3.8) is 0 Å². The number of methoxy groups -OCH3 is 1. The number of nitrogens with two attached hydrogens (primary N) is 1. The predicted octanol–water partition coefficient (Wildman–Crippen LogP) is 0.990. The molecule has 0 radical (unpaired) electrons. The molecular formula is C10H13NO3. The van der Waals surface area contributed by atoms with Crippen molar-refractivity contribution < 1.29 is 14.6 Å². The van der Waals surface area contributed by atoms with Crippen molar-refractivity contribution in [1.82, 2.24) is 0 Å². The standard InChI is InChI=1S/C10H13NO3/c1-14-6-8-4-7(5-11)2-3-9(8)10(12)13/h2-4H,5-6,11H2,1H3,(H,12,13). The molecule has 0 amide bonds. The van der Waals surface area contributed by atoms with Crippen LogP contribution in [0.1, 0.15) is 21.5 Å². The van der Waals surface area contributed by atoms with E-state index in [1.54, 1.807) is 18.2 Å². The van der Waals surface area contributed by atoms with Gasteiger partial charge in [0.15, 0.2) is 0 Å². The van der Waals surface area contributed by atoms with E-state index in [0.29, 0.717) is 12.1 Å². The molecule has 1 rings (SSSR count). The van der Waals surface area contributed by atoms with Gasteiger partial charge in [0.25, 0.3) is 0 Å². The van der Waals surface area contributed by atoms with Crippen LogP contribution in [0.15, 0.2) is 18.2 Å². The molecule has 3 N–H and O–H groups in total. The number of hydrogen-bond donors (Lipinski definition) is 2. The second-order valence-electron chi connectivity index (χ2n) is 2.93. The number of carboxylic acids is 1. The molecule has 1 aromatic carbocycles. The Morgan fingerprint density at radius 3 is 2.79 bits per heavy atom. The molecule has 0 aliphatic rings. The van der Waals surface area contributed by atoms with Crippen molar-refractivity contribution >= 4 is 5.97 Å². The van der Waals surface area contributed by atoms with Gasteiger partial charge in [0.1, 0.15) is 0 Å². The fourth-order valence-electron chi connectivity index (χ4n) is 1.26. The van der Waals surface area contributed by atoms with Gasteiger partial charge in [-0.15, -0.1) is 0 Å². The minimum Gasteiger partial charge on any atom is -0.478 e. The highest BCUT2D eigenvalue weighted by Gasteiger charge is 2.09. The van der Waals surface area contributed by atoms with E-state index in [9.17, 15) is 4.79 Å². The molecule has 0 unspecified atom stereocenters. The molecule has 0 heterocycles. The zero-order chi connectivity index (χ0) is 10.6. The van der Waals surface area contributed by atoms with E-state index < -0.39 is 5.97 Å². The lowest BCUT2D eigenvalue weighted by molar-refractivity contribution is 0.0692. The lowest BCUT2D eigenvalue weighted by Gasteiger charge is -2.06. The Bertz CT molecular complexity index is 336. The van der Waals surface area contributed by atoms with Crippen LogP contribution in [0.4, 0.5) is 0 Å². The lowest BCUT2D eigenvalue weighted by Crippen LogP contribution is -2.06. The second kappa shape index (κ2) is 4.74. The number of rotatable bonds is 4. The molecule has 0 bridgehead atoms. The molecule has 4 nitrogen and oxygen atoms in total. The molecule has 0 aliphatic carbocycles. The van der Waals surface area contributed by atoms with Crippen molar-refractivity contribution in [3.8, 4) is 0 Å². The molecule has 1 aromatic rings. The molecule has 76 valence electrons. The third-order valence-corrected chi connectivity index (χ3v) is 1.94. The topological polar surface area (TPSA) is 72.5 Å². The fraction of sp³-hybridized carbons (Fsp3) is 0.300. The SMILES string of the molecule is COCc1cc(CN)ccc1C(=O)O. The summed E-state index contributed by atoms with van der Waals surface area (Å²) in [5.74, 6) is -0.944. The Morgan fingerprint density at radius 2 is 2.29 bits per heavy atom. The minimum absolute atomic E-state index is 0.268.